The van der Waals surface area contributed by atoms with E-state index >= 15 is 0 Å². The van der Waals surface area contributed by atoms with Crippen LogP contribution in [0.3, 0.4) is 0 Å². The standard InChI is InChI=1S/C19H20N4O2/c1-13-9-10-16(11-14(13)2)23-20-17(19(24)25)18(21-23)22(3)12-15-7-5-4-6-8-15/h4-11H,12H2,1-3H3,(H,24,25). The second kappa shape index (κ2) is 6.76. The van der Waals surface area contributed by atoms with Gasteiger partial charge in [0.05, 0.1) is 5.69 Å². The van der Waals surface area contributed by atoms with Crippen LogP contribution in [-0.4, -0.2) is 33.1 Å². The summed E-state index contributed by atoms with van der Waals surface area (Å²) < 4.78 is 0. The lowest BCUT2D eigenvalue weighted by Crippen LogP contribution is -2.19. The molecule has 0 saturated carbocycles. The average Bonchev–Trinajstić information content (AvgIpc) is 3.04. The Morgan fingerprint density at radius 1 is 1.08 bits per heavy atom. The van der Waals surface area contributed by atoms with Crippen LogP contribution in [0.4, 0.5) is 5.82 Å². The summed E-state index contributed by atoms with van der Waals surface area (Å²) in [6.07, 6.45) is 0. The maximum atomic E-state index is 11.6. The number of carboxylic acids is 1. The fourth-order valence-corrected chi connectivity index (χ4v) is 2.59. The highest BCUT2D eigenvalue weighted by Crippen LogP contribution is 2.20. The van der Waals surface area contributed by atoms with Crippen molar-refractivity contribution >= 4 is 11.8 Å². The number of aromatic nitrogens is 3. The molecule has 1 heterocycles. The van der Waals surface area contributed by atoms with Crippen LogP contribution in [0.5, 0.6) is 0 Å². The van der Waals surface area contributed by atoms with Gasteiger partial charge in [-0.3, -0.25) is 0 Å². The third kappa shape index (κ3) is 3.52. The minimum atomic E-state index is -1.09. The van der Waals surface area contributed by atoms with Crippen LogP contribution in [0.15, 0.2) is 48.5 Å². The Balaban J connectivity index is 1.97. The molecule has 0 bridgehead atoms. The lowest BCUT2D eigenvalue weighted by molar-refractivity contribution is 0.0690. The summed E-state index contributed by atoms with van der Waals surface area (Å²) in [4.78, 5) is 14.8. The summed E-state index contributed by atoms with van der Waals surface area (Å²) in [5.74, 6) is -0.750. The first-order valence-corrected chi connectivity index (χ1v) is 7.99. The topological polar surface area (TPSA) is 71.2 Å². The van der Waals surface area contributed by atoms with Gasteiger partial charge in [0.15, 0.2) is 5.82 Å². The summed E-state index contributed by atoms with van der Waals surface area (Å²) in [5.41, 5.74) is 4.02. The first-order chi connectivity index (χ1) is 12.0. The minimum absolute atomic E-state index is 0.0586. The van der Waals surface area contributed by atoms with Crippen LogP contribution < -0.4 is 4.90 Å². The van der Waals surface area contributed by atoms with Gasteiger partial charge in [0.1, 0.15) is 0 Å². The Morgan fingerprint density at radius 2 is 1.80 bits per heavy atom. The molecule has 0 amide bonds. The monoisotopic (exact) mass is 336 g/mol. The maximum absolute atomic E-state index is 11.6. The summed E-state index contributed by atoms with van der Waals surface area (Å²) in [6.45, 7) is 4.58. The molecule has 0 fully saturated rings. The number of aromatic carboxylic acids is 1. The van der Waals surface area contributed by atoms with Crippen LogP contribution in [0.25, 0.3) is 5.69 Å². The molecule has 128 valence electrons. The number of benzene rings is 2. The Hall–Kier alpha value is -3.15. The summed E-state index contributed by atoms with van der Waals surface area (Å²) in [6, 6.07) is 15.6. The van der Waals surface area contributed by atoms with Crippen molar-refractivity contribution in [2.45, 2.75) is 20.4 Å². The van der Waals surface area contributed by atoms with Gasteiger partial charge >= 0.3 is 5.97 Å². The van der Waals surface area contributed by atoms with E-state index in [0.717, 1.165) is 22.4 Å². The molecule has 6 heteroatoms. The van der Waals surface area contributed by atoms with Crippen LogP contribution in [0, 0.1) is 13.8 Å². The molecule has 0 aliphatic heterocycles. The molecule has 0 atom stereocenters. The molecule has 2 aromatic carbocycles. The quantitative estimate of drug-likeness (QED) is 0.774. The molecule has 0 spiro atoms. The van der Waals surface area contributed by atoms with E-state index in [9.17, 15) is 9.90 Å². The second-order valence-corrected chi connectivity index (χ2v) is 6.08. The van der Waals surface area contributed by atoms with E-state index in [-0.39, 0.29) is 5.69 Å². The van der Waals surface area contributed by atoms with Crippen molar-refractivity contribution in [3.05, 3.63) is 70.9 Å². The molecule has 3 rings (SSSR count). The lowest BCUT2D eigenvalue weighted by atomic mass is 10.1. The smallest absolute Gasteiger partial charge is 0.360 e. The van der Waals surface area contributed by atoms with Gasteiger partial charge in [-0.05, 0) is 42.7 Å². The number of aryl methyl sites for hydroxylation is 2. The largest absolute Gasteiger partial charge is 0.476 e. The summed E-state index contributed by atoms with van der Waals surface area (Å²) in [7, 11) is 1.81. The zero-order valence-corrected chi connectivity index (χ0v) is 14.5. The molecular formula is C19H20N4O2. The van der Waals surface area contributed by atoms with Crippen molar-refractivity contribution in [2.24, 2.45) is 0 Å². The fraction of sp³-hybridized carbons (Fsp3) is 0.211. The normalized spacial score (nSPS) is 10.7. The number of carbonyl (C=O) groups is 1. The molecule has 25 heavy (non-hydrogen) atoms. The van der Waals surface area contributed by atoms with Crippen LogP contribution in [0.2, 0.25) is 0 Å². The Bertz CT molecular complexity index is 903. The molecule has 6 nitrogen and oxygen atoms in total. The molecule has 3 aromatic rings. The highest BCUT2D eigenvalue weighted by molar-refractivity contribution is 5.90. The van der Waals surface area contributed by atoms with Crippen molar-refractivity contribution in [2.75, 3.05) is 11.9 Å². The van der Waals surface area contributed by atoms with E-state index < -0.39 is 5.97 Å². The molecule has 0 aliphatic carbocycles. The van der Waals surface area contributed by atoms with Crippen molar-refractivity contribution in [3.63, 3.8) is 0 Å². The number of nitrogens with zero attached hydrogens (tertiary/aromatic N) is 4. The van der Waals surface area contributed by atoms with Gasteiger partial charge in [-0.15, -0.1) is 15.0 Å². The van der Waals surface area contributed by atoms with E-state index in [1.54, 1.807) is 4.90 Å². The predicted molar refractivity (Wildman–Crippen MR) is 96.3 cm³/mol. The molecule has 0 aliphatic rings. The Kier molecular flexibility index (Phi) is 4.52. The predicted octanol–water partition coefficient (Wildman–Crippen LogP) is 3.22. The first kappa shape index (κ1) is 16.7. The van der Waals surface area contributed by atoms with Gasteiger partial charge in [-0.25, -0.2) is 4.79 Å². The van der Waals surface area contributed by atoms with E-state index in [2.05, 4.69) is 10.2 Å². The highest BCUT2D eigenvalue weighted by Gasteiger charge is 2.22. The lowest BCUT2D eigenvalue weighted by Gasteiger charge is -2.16. The summed E-state index contributed by atoms with van der Waals surface area (Å²) in [5, 5.41) is 18.1. The minimum Gasteiger partial charge on any atom is -0.476 e. The van der Waals surface area contributed by atoms with Gasteiger partial charge < -0.3 is 10.0 Å². The van der Waals surface area contributed by atoms with Crippen LogP contribution in [0.1, 0.15) is 27.2 Å². The van der Waals surface area contributed by atoms with E-state index in [1.165, 1.54) is 4.80 Å². The Morgan fingerprint density at radius 3 is 2.44 bits per heavy atom. The number of rotatable bonds is 5. The van der Waals surface area contributed by atoms with Crippen molar-refractivity contribution in [1.29, 1.82) is 0 Å². The Labute approximate surface area is 146 Å². The zero-order chi connectivity index (χ0) is 18.0. The van der Waals surface area contributed by atoms with Crippen molar-refractivity contribution in [3.8, 4) is 5.69 Å². The highest BCUT2D eigenvalue weighted by atomic mass is 16.4. The third-order valence-corrected chi connectivity index (χ3v) is 4.14. The van der Waals surface area contributed by atoms with Gasteiger partial charge in [0.2, 0.25) is 5.69 Å². The van der Waals surface area contributed by atoms with Gasteiger partial charge in [0, 0.05) is 13.6 Å². The maximum Gasteiger partial charge on any atom is 0.360 e. The fourth-order valence-electron chi connectivity index (χ4n) is 2.59. The molecular weight excluding hydrogens is 316 g/mol. The molecule has 1 N–H and O–H groups in total. The molecule has 0 saturated heterocycles. The van der Waals surface area contributed by atoms with E-state index in [0.29, 0.717) is 12.4 Å². The van der Waals surface area contributed by atoms with Crippen LogP contribution in [-0.2, 0) is 6.54 Å². The van der Waals surface area contributed by atoms with Crippen molar-refractivity contribution in [1.82, 2.24) is 15.0 Å². The summed E-state index contributed by atoms with van der Waals surface area (Å²) >= 11 is 0. The van der Waals surface area contributed by atoms with E-state index in [1.807, 2.05) is 69.4 Å². The van der Waals surface area contributed by atoms with Gasteiger partial charge in [-0.2, -0.15) is 0 Å². The number of anilines is 1. The van der Waals surface area contributed by atoms with Crippen LogP contribution >= 0.6 is 0 Å². The van der Waals surface area contributed by atoms with E-state index in [4.69, 9.17) is 0 Å². The SMILES string of the molecule is Cc1ccc(-n2nc(C(=O)O)c(N(C)Cc3ccccc3)n2)cc1C. The van der Waals surface area contributed by atoms with Gasteiger partial charge in [-0.1, -0.05) is 36.4 Å². The third-order valence-electron chi connectivity index (χ3n) is 4.14. The average molecular weight is 336 g/mol. The zero-order valence-electron chi connectivity index (χ0n) is 14.5. The second-order valence-electron chi connectivity index (χ2n) is 6.08. The molecule has 1 aromatic heterocycles. The number of carboxylic acid groups (broad SMARTS) is 1. The number of hydrogen-bond acceptors (Lipinski definition) is 4. The molecule has 0 radical (unpaired) electrons. The first-order valence-electron chi connectivity index (χ1n) is 7.99. The van der Waals surface area contributed by atoms with Crippen molar-refractivity contribution < 1.29 is 9.90 Å². The molecule has 0 unspecified atom stereocenters. The number of hydrogen-bond donors (Lipinski definition) is 1. The van der Waals surface area contributed by atoms with Gasteiger partial charge in [0.25, 0.3) is 0 Å².